The molecule has 0 fully saturated rings. The van der Waals surface area contributed by atoms with E-state index >= 15 is 0 Å². The number of benzene rings is 2. The summed E-state index contributed by atoms with van der Waals surface area (Å²) >= 11 is 6.01. The normalized spacial score (nSPS) is 10.3. The zero-order valence-corrected chi connectivity index (χ0v) is 13.5. The van der Waals surface area contributed by atoms with Gasteiger partial charge in [-0.3, -0.25) is 10.1 Å². The van der Waals surface area contributed by atoms with Crippen molar-refractivity contribution in [3.8, 4) is 5.75 Å². The lowest BCUT2D eigenvalue weighted by Gasteiger charge is -2.09. The Labute approximate surface area is 139 Å². The average molecular weight is 336 g/mol. The van der Waals surface area contributed by atoms with Gasteiger partial charge >= 0.3 is 0 Å². The first-order valence-electron chi connectivity index (χ1n) is 7.11. The lowest BCUT2D eigenvalue weighted by Crippen LogP contribution is -2.21. The Morgan fingerprint density at radius 2 is 1.91 bits per heavy atom. The molecule has 0 atom stereocenters. The molecule has 0 saturated carbocycles. The van der Waals surface area contributed by atoms with E-state index in [0.717, 1.165) is 18.8 Å². The van der Waals surface area contributed by atoms with E-state index in [1.807, 2.05) is 24.3 Å². The number of ether oxygens (including phenoxy) is 1. The molecule has 122 valence electrons. The summed E-state index contributed by atoms with van der Waals surface area (Å²) in [5.41, 5.74) is 1.83. The van der Waals surface area contributed by atoms with E-state index < -0.39 is 4.92 Å². The Kier molecular flexibility index (Phi) is 6.19. The first kappa shape index (κ1) is 17.1. The molecular formula is C16H18ClN3O3. The third-order valence-electron chi connectivity index (χ3n) is 3.27. The van der Waals surface area contributed by atoms with Crippen molar-refractivity contribution in [1.82, 2.24) is 5.32 Å². The molecule has 2 aromatic rings. The number of methoxy groups -OCH3 is 1. The lowest BCUT2D eigenvalue weighted by atomic mass is 10.2. The van der Waals surface area contributed by atoms with E-state index in [0.29, 0.717) is 17.3 Å². The maximum absolute atomic E-state index is 10.6. The third kappa shape index (κ3) is 5.12. The van der Waals surface area contributed by atoms with Crippen molar-refractivity contribution in [3.05, 3.63) is 63.2 Å². The SMILES string of the molecule is COc1ccc(CNCCNc2ccc([N+](=O)[O-])cc2Cl)cc1. The fourth-order valence-electron chi connectivity index (χ4n) is 2.02. The van der Waals surface area contributed by atoms with Gasteiger partial charge in [0.25, 0.3) is 5.69 Å². The Balaban J connectivity index is 1.73. The molecule has 0 radical (unpaired) electrons. The van der Waals surface area contributed by atoms with Gasteiger partial charge < -0.3 is 15.4 Å². The van der Waals surface area contributed by atoms with E-state index in [1.54, 1.807) is 13.2 Å². The summed E-state index contributed by atoms with van der Waals surface area (Å²) in [5, 5.41) is 17.4. The summed E-state index contributed by atoms with van der Waals surface area (Å²) in [6, 6.07) is 12.2. The zero-order valence-electron chi connectivity index (χ0n) is 12.7. The molecule has 0 spiro atoms. The van der Waals surface area contributed by atoms with Gasteiger partial charge in [0.05, 0.1) is 22.7 Å². The third-order valence-corrected chi connectivity index (χ3v) is 3.58. The molecule has 2 N–H and O–H groups in total. The molecule has 0 bridgehead atoms. The summed E-state index contributed by atoms with van der Waals surface area (Å²) in [4.78, 5) is 10.2. The number of nitro benzene ring substituents is 1. The van der Waals surface area contributed by atoms with Crippen LogP contribution in [0.15, 0.2) is 42.5 Å². The predicted octanol–water partition coefficient (Wildman–Crippen LogP) is 3.46. The number of nitrogens with one attached hydrogen (secondary N) is 2. The number of anilines is 1. The number of halogens is 1. The minimum Gasteiger partial charge on any atom is -0.497 e. The standard InChI is InChI=1S/C16H18ClN3O3/c1-23-14-5-2-12(3-6-14)11-18-8-9-19-16-7-4-13(20(21)22)10-15(16)17/h2-7,10,18-19H,8-9,11H2,1H3. The molecule has 0 heterocycles. The quantitative estimate of drug-likeness (QED) is 0.439. The Hall–Kier alpha value is -2.31. The second-order valence-corrected chi connectivity index (χ2v) is 5.28. The van der Waals surface area contributed by atoms with Gasteiger partial charge in [-0.1, -0.05) is 23.7 Å². The van der Waals surface area contributed by atoms with Crippen molar-refractivity contribution in [2.75, 3.05) is 25.5 Å². The molecule has 0 saturated heterocycles. The number of rotatable bonds is 8. The van der Waals surface area contributed by atoms with Gasteiger partial charge in [0.15, 0.2) is 0 Å². The highest BCUT2D eigenvalue weighted by Gasteiger charge is 2.08. The van der Waals surface area contributed by atoms with Crippen LogP contribution < -0.4 is 15.4 Å². The van der Waals surface area contributed by atoms with Crippen LogP contribution in [0, 0.1) is 10.1 Å². The first-order chi connectivity index (χ1) is 11.1. The Morgan fingerprint density at radius 3 is 2.52 bits per heavy atom. The van der Waals surface area contributed by atoms with Gasteiger partial charge in [0.1, 0.15) is 5.75 Å². The second-order valence-electron chi connectivity index (χ2n) is 4.87. The summed E-state index contributed by atoms with van der Waals surface area (Å²) in [6.45, 7) is 2.15. The summed E-state index contributed by atoms with van der Waals surface area (Å²) in [6.07, 6.45) is 0. The van der Waals surface area contributed by atoms with Gasteiger partial charge in [0, 0.05) is 31.8 Å². The topological polar surface area (TPSA) is 76.4 Å². The van der Waals surface area contributed by atoms with Crippen molar-refractivity contribution in [3.63, 3.8) is 0 Å². The largest absolute Gasteiger partial charge is 0.497 e. The number of nitrogens with zero attached hydrogens (tertiary/aromatic N) is 1. The van der Waals surface area contributed by atoms with E-state index in [-0.39, 0.29) is 5.69 Å². The summed E-state index contributed by atoms with van der Waals surface area (Å²) in [7, 11) is 1.64. The molecule has 7 heteroatoms. The molecule has 23 heavy (non-hydrogen) atoms. The highest BCUT2D eigenvalue weighted by Crippen LogP contribution is 2.26. The van der Waals surface area contributed by atoms with Crippen LogP contribution in [0.5, 0.6) is 5.75 Å². The van der Waals surface area contributed by atoms with Crippen LogP contribution in [0.2, 0.25) is 5.02 Å². The number of hydrogen-bond donors (Lipinski definition) is 2. The lowest BCUT2D eigenvalue weighted by molar-refractivity contribution is -0.384. The van der Waals surface area contributed by atoms with Crippen molar-refractivity contribution >= 4 is 23.0 Å². The van der Waals surface area contributed by atoms with E-state index in [2.05, 4.69) is 10.6 Å². The van der Waals surface area contributed by atoms with Crippen molar-refractivity contribution < 1.29 is 9.66 Å². The highest BCUT2D eigenvalue weighted by atomic mass is 35.5. The molecule has 2 aromatic carbocycles. The average Bonchev–Trinajstić information content (AvgIpc) is 2.56. The predicted molar refractivity (Wildman–Crippen MR) is 91.3 cm³/mol. The second kappa shape index (κ2) is 8.36. The molecule has 6 nitrogen and oxygen atoms in total. The molecule has 2 rings (SSSR count). The monoisotopic (exact) mass is 335 g/mol. The zero-order chi connectivity index (χ0) is 16.7. The van der Waals surface area contributed by atoms with Gasteiger partial charge in [-0.2, -0.15) is 0 Å². The van der Waals surface area contributed by atoms with Gasteiger partial charge in [-0.05, 0) is 23.8 Å². The molecule has 0 amide bonds. The molecule has 0 aromatic heterocycles. The van der Waals surface area contributed by atoms with E-state index in [9.17, 15) is 10.1 Å². The fraction of sp³-hybridized carbons (Fsp3) is 0.250. The summed E-state index contributed by atoms with van der Waals surface area (Å²) < 4.78 is 5.11. The number of hydrogen-bond acceptors (Lipinski definition) is 5. The number of non-ortho nitro benzene ring substituents is 1. The molecule has 0 unspecified atom stereocenters. The van der Waals surface area contributed by atoms with Crippen molar-refractivity contribution in [2.45, 2.75) is 6.54 Å². The van der Waals surface area contributed by atoms with Crippen LogP contribution in [0.4, 0.5) is 11.4 Å². The van der Waals surface area contributed by atoms with Crippen molar-refractivity contribution in [1.29, 1.82) is 0 Å². The van der Waals surface area contributed by atoms with Crippen LogP contribution >= 0.6 is 11.6 Å². The molecule has 0 aliphatic heterocycles. The molecular weight excluding hydrogens is 318 g/mol. The Bertz CT molecular complexity index is 662. The molecule has 0 aliphatic rings. The van der Waals surface area contributed by atoms with E-state index in [4.69, 9.17) is 16.3 Å². The van der Waals surface area contributed by atoms with Crippen molar-refractivity contribution in [2.24, 2.45) is 0 Å². The Morgan fingerprint density at radius 1 is 1.17 bits per heavy atom. The van der Waals surface area contributed by atoms with Crippen LogP contribution in [0.3, 0.4) is 0 Å². The smallest absolute Gasteiger partial charge is 0.271 e. The highest BCUT2D eigenvalue weighted by molar-refractivity contribution is 6.33. The molecule has 0 aliphatic carbocycles. The minimum absolute atomic E-state index is 0.0156. The first-order valence-corrected chi connectivity index (χ1v) is 7.49. The maximum atomic E-state index is 10.6. The van der Waals surface area contributed by atoms with Crippen LogP contribution in [-0.2, 0) is 6.54 Å². The fourth-order valence-corrected chi connectivity index (χ4v) is 2.26. The van der Waals surface area contributed by atoms with Gasteiger partial charge in [-0.15, -0.1) is 0 Å². The minimum atomic E-state index is -0.466. The van der Waals surface area contributed by atoms with Crippen LogP contribution in [0.25, 0.3) is 0 Å². The summed E-state index contributed by atoms with van der Waals surface area (Å²) in [5.74, 6) is 0.836. The van der Waals surface area contributed by atoms with Crippen LogP contribution in [-0.4, -0.2) is 25.1 Å². The maximum Gasteiger partial charge on any atom is 0.271 e. The van der Waals surface area contributed by atoms with E-state index in [1.165, 1.54) is 17.7 Å². The van der Waals surface area contributed by atoms with Crippen LogP contribution in [0.1, 0.15) is 5.56 Å². The van der Waals surface area contributed by atoms with Gasteiger partial charge in [0.2, 0.25) is 0 Å². The number of nitro groups is 1. The van der Waals surface area contributed by atoms with Gasteiger partial charge in [-0.25, -0.2) is 0 Å².